The summed E-state index contributed by atoms with van der Waals surface area (Å²) in [4.78, 5) is 12.1. The van der Waals surface area contributed by atoms with Crippen molar-refractivity contribution in [1.29, 1.82) is 5.26 Å². The molecule has 1 saturated carbocycles. The maximum Gasteiger partial charge on any atom is 0.416 e. The molecule has 1 amide bonds. The molecule has 1 aromatic heterocycles. The lowest BCUT2D eigenvalue weighted by Crippen LogP contribution is -2.26. The van der Waals surface area contributed by atoms with Crippen LogP contribution in [0.4, 0.5) is 13.2 Å². The number of hydrogen-bond acceptors (Lipinski definition) is 2. The highest BCUT2D eigenvalue weighted by Gasteiger charge is 2.30. The number of carbonyl (C=O) groups excluding carboxylic acids is 1. The van der Waals surface area contributed by atoms with E-state index in [1.807, 2.05) is 6.07 Å². The average molecular weight is 373 g/mol. The van der Waals surface area contributed by atoms with Crippen molar-refractivity contribution < 1.29 is 18.0 Å². The number of rotatable bonds is 4. The van der Waals surface area contributed by atoms with Crippen LogP contribution in [-0.2, 0) is 11.0 Å². The van der Waals surface area contributed by atoms with E-state index in [2.05, 4.69) is 5.32 Å². The fraction of sp³-hybridized carbons (Fsp3) is 0.300. The Morgan fingerprint density at radius 1 is 1.30 bits per heavy atom. The van der Waals surface area contributed by atoms with Gasteiger partial charge in [0, 0.05) is 23.1 Å². The molecule has 0 atom stereocenters. The van der Waals surface area contributed by atoms with Crippen molar-refractivity contribution >= 4 is 12.0 Å². The molecule has 0 aliphatic heterocycles. The summed E-state index contributed by atoms with van der Waals surface area (Å²) in [6.45, 7) is 3.51. The number of aryl methyl sites for hydroxylation is 1. The molecule has 4 nitrogen and oxygen atoms in total. The number of hydrogen-bond donors (Lipinski definition) is 1. The van der Waals surface area contributed by atoms with Gasteiger partial charge in [-0.25, -0.2) is 0 Å². The molecule has 1 aliphatic carbocycles. The van der Waals surface area contributed by atoms with Crippen molar-refractivity contribution in [3.8, 4) is 11.8 Å². The third-order valence-corrected chi connectivity index (χ3v) is 4.48. The summed E-state index contributed by atoms with van der Waals surface area (Å²) in [7, 11) is 0. The molecule has 0 bridgehead atoms. The molecule has 0 saturated heterocycles. The van der Waals surface area contributed by atoms with E-state index < -0.39 is 17.6 Å². The lowest BCUT2D eigenvalue weighted by atomic mass is 10.1. The van der Waals surface area contributed by atoms with Gasteiger partial charge in [0.2, 0.25) is 0 Å². The van der Waals surface area contributed by atoms with Crippen LogP contribution in [0.15, 0.2) is 35.9 Å². The number of benzene rings is 1. The molecular formula is C20H18F3N3O. The quantitative estimate of drug-likeness (QED) is 0.642. The lowest BCUT2D eigenvalue weighted by Gasteiger charge is -2.13. The predicted molar refractivity (Wildman–Crippen MR) is 95.0 cm³/mol. The van der Waals surface area contributed by atoms with Crippen molar-refractivity contribution in [2.75, 3.05) is 0 Å². The Bertz CT molecular complexity index is 960. The molecule has 0 radical (unpaired) electrons. The van der Waals surface area contributed by atoms with Gasteiger partial charge in [0.1, 0.15) is 11.6 Å². The summed E-state index contributed by atoms with van der Waals surface area (Å²) in [6.07, 6.45) is -1.13. The highest BCUT2D eigenvalue weighted by atomic mass is 19.4. The largest absolute Gasteiger partial charge is 0.416 e. The number of alkyl halides is 3. The molecule has 7 heteroatoms. The maximum absolute atomic E-state index is 13.0. The fourth-order valence-electron chi connectivity index (χ4n) is 2.95. The van der Waals surface area contributed by atoms with Crippen molar-refractivity contribution in [3.05, 3.63) is 58.4 Å². The fourth-order valence-corrected chi connectivity index (χ4v) is 2.95. The second kappa shape index (κ2) is 6.95. The number of aromatic nitrogens is 1. The molecule has 0 unspecified atom stereocenters. The number of nitrogens with zero attached hydrogens (tertiary/aromatic N) is 2. The van der Waals surface area contributed by atoms with Crippen LogP contribution in [0.5, 0.6) is 0 Å². The number of halogens is 3. The van der Waals surface area contributed by atoms with Crippen LogP contribution in [0.25, 0.3) is 11.8 Å². The van der Waals surface area contributed by atoms with Crippen LogP contribution in [0.1, 0.15) is 35.4 Å². The highest BCUT2D eigenvalue weighted by molar-refractivity contribution is 6.02. The zero-order chi connectivity index (χ0) is 19.8. The van der Waals surface area contributed by atoms with E-state index in [1.165, 1.54) is 12.1 Å². The van der Waals surface area contributed by atoms with Gasteiger partial charge in [-0.1, -0.05) is 6.07 Å². The molecule has 1 heterocycles. The molecule has 3 rings (SSSR count). The minimum absolute atomic E-state index is 0.0220. The van der Waals surface area contributed by atoms with Crippen LogP contribution in [-0.4, -0.2) is 16.5 Å². The number of nitriles is 1. The van der Waals surface area contributed by atoms with Gasteiger partial charge in [0.25, 0.3) is 5.91 Å². The molecule has 1 aromatic carbocycles. The Labute approximate surface area is 154 Å². The molecule has 0 spiro atoms. The van der Waals surface area contributed by atoms with E-state index in [0.717, 1.165) is 25.0 Å². The molecule has 27 heavy (non-hydrogen) atoms. The molecule has 140 valence electrons. The minimum Gasteiger partial charge on any atom is -0.349 e. The second-order valence-electron chi connectivity index (χ2n) is 6.63. The van der Waals surface area contributed by atoms with Gasteiger partial charge in [-0.15, -0.1) is 0 Å². The van der Waals surface area contributed by atoms with Gasteiger partial charge < -0.3 is 9.88 Å². The number of nitrogens with one attached hydrogen (secondary N) is 1. The summed E-state index contributed by atoms with van der Waals surface area (Å²) >= 11 is 0. The predicted octanol–water partition coefficient (Wildman–Crippen LogP) is 4.30. The SMILES string of the molecule is Cc1cc(/C=C(\C#N)C(=O)NC2CC2)c(C)n1-c1cccc(C(F)(F)F)c1. The standard InChI is InChI=1S/C20H18F3N3O/c1-12-8-14(9-15(11-24)19(27)25-17-6-7-17)13(2)26(12)18-5-3-4-16(10-18)20(21,22)23/h3-5,8-10,17H,6-7H2,1-2H3,(H,25,27)/b15-9+. The van der Waals surface area contributed by atoms with Crippen LogP contribution in [0.2, 0.25) is 0 Å². The monoisotopic (exact) mass is 373 g/mol. The lowest BCUT2D eigenvalue weighted by molar-refractivity contribution is -0.137. The summed E-state index contributed by atoms with van der Waals surface area (Å²) in [6, 6.07) is 8.83. The van der Waals surface area contributed by atoms with E-state index >= 15 is 0 Å². The van der Waals surface area contributed by atoms with Gasteiger partial charge in [-0.05, 0) is 62.6 Å². The van der Waals surface area contributed by atoms with Gasteiger partial charge in [-0.3, -0.25) is 4.79 Å². The van der Waals surface area contributed by atoms with Crippen molar-refractivity contribution in [1.82, 2.24) is 9.88 Å². The maximum atomic E-state index is 13.0. The minimum atomic E-state index is -4.43. The first-order valence-electron chi connectivity index (χ1n) is 8.50. The van der Waals surface area contributed by atoms with Crippen molar-refractivity contribution in [2.45, 2.75) is 38.9 Å². The van der Waals surface area contributed by atoms with Gasteiger partial charge in [0.05, 0.1) is 5.56 Å². The van der Waals surface area contributed by atoms with E-state index in [-0.39, 0.29) is 11.6 Å². The Hall–Kier alpha value is -3.01. The van der Waals surface area contributed by atoms with Crippen LogP contribution in [0, 0.1) is 25.2 Å². The van der Waals surface area contributed by atoms with Gasteiger partial charge >= 0.3 is 6.18 Å². The van der Waals surface area contributed by atoms with Gasteiger partial charge in [-0.2, -0.15) is 18.4 Å². The summed E-state index contributed by atoms with van der Waals surface area (Å²) < 4.78 is 40.7. The summed E-state index contributed by atoms with van der Waals surface area (Å²) in [5.74, 6) is -0.427. The first-order chi connectivity index (χ1) is 12.7. The smallest absolute Gasteiger partial charge is 0.349 e. The van der Waals surface area contributed by atoms with Crippen LogP contribution in [0.3, 0.4) is 0 Å². The first kappa shape index (κ1) is 18.8. The summed E-state index contributed by atoms with van der Waals surface area (Å²) in [5, 5.41) is 12.1. The molecule has 1 aliphatic rings. The third-order valence-electron chi connectivity index (χ3n) is 4.48. The molecular weight excluding hydrogens is 355 g/mol. The normalized spacial score (nSPS) is 14.7. The van der Waals surface area contributed by atoms with Crippen molar-refractivity contribution in [2.24, 2.45) is 0 Å². The molecule has 1 N–H and O–H groups in total. The van der Waals surface area contributed by atoms with E-state index in [4.69, 9.17) is 0 Å². The number of amides is 1. The molecule has 1 fully saturated rings. The van der Waals surface area contributed by atoms with E-state index in [1.54, 1.807) is 30.5 Å². The van der Waals surface area contributed by atoms with E-state index in [9.17, 15) is 23.2 Å². The Kier molecular flexibility index (Phi) is 4.83. The zero-order valence-corrected chi connectivity index (χ0v) is 14.9. The topological polar surface area (TPSA) is 57.8 Å². The van der Waals surface area contributed by atoms with E-state index in [0.29, 0.717) is 22.6 Å². The Morgan fingerprint density at radius 3 is 2.59 bits per heavy atom. The third kappa shape index (κ3) is 4.05. The van der Waals surface area contributed by atoms with Gasteiger partial charge in [0.15, 0.2) is 0 Å². The van der Waals surface area contributed by atoms with Crippen LogP contribution < -0.4 is 5.32 Å². The van der Waals surface area contributed by atoms with Crippen molar-refractivity contribution in [3.63, 3.8) is 0 Å². The second-order valence-corrected chi connectivity index (χ2v) is 6.63. The Balaban J connectivity index is 1.99. The molecule has 2 aromatic rings. The zero-order valence-electron chi connectivity index (χ0n) is 14.9. The first-order valence-corrected chi connectivity index (χ1v) is 8.50. The Morgan fingerprint density at radius 2 is 2.00 bits per heavy atom. The van der Waals surface area contributed by atoms with Crippen LogP contribution >= 0.6 is 0 Å². The summed E-state index contributed by atoms with van der Waals surface area (Å²) in [5.41, 5.74) is 1.60. The number of carbonyl (C=O) groups is 1. The highest BCUT2D eigenvalue weighted by Crippen LogP contribution is 2.31. The average Bonchev–Trinajstić information content (AvgIpc) is 3.37.